The maximum Gasteiger partial charge on any atom is 0.321 e. The van der Waals surface area contributed by atoms with Crippen molar-refractivity contribution in [1.82, 2.24) is 14.5 Å². The van der Waals surface area contributed by atoms with Gasteiger partial charge in [0.05, 0.1) is 18.1 Å². The molecule has 2 atom stereocenters. The quantitative estimate of drug-likeness (QED) is 0.758. The first-order valence-corrected chi connectivity index (χ1v) is 9.37. The molecule has 0 amide bonds. The van der Waals surface area contributed by atoms with Gasteiger partial charge in [0, 0.05) is 13.2 Å². The first kappa shape index (κ1) is 17.6. The third kappa shape index (κ3) is 4.25. The average Bonchev–Trinajstić information content (AvgIpc) is 3.27. The van der Waals surface area contributed by atoms with Crippen LogP contribution in [0.2, 0.25) is 0 Å². The van der Waals surface area contributed by atoms with E-state index in [0.717, 1.165) is 6.42 Å². The highest BCUT2D eigenvalue weighted by molar-refractivity contribution is 7.89. The first-order chi connectivity index (χ1) is 12.0. The molecule has 25 heavy (non-hydrogen) atoms. The van der Waals surface area contributed by atoms with Gasteiger partial charge in [0.2, 0.25) is 10.0 Å². The van der Waals surface area contributed by atoms with Crippen molar-refractivity contribution in [2.45, 2.75) is 23.8 Å². The summed E-state index contributed by atoms with van der Waals surface area (Å²) in [6.07, 6.45) is 3.49. The third-order valence-electron chi connectivity index (χ3n) is 4.08. The van der Waals surface area contributed by atoms with Crippen LogP contribution in [0.4, 0.5) is 0 Å². The van der Waals surface area contributed by atoms with Gasteiger partial charge >= 0.3 is 5.97 Å². The molecule has 2 N–H and O–H groups in total. The van der Waals surface area contributed by atoms with Gasteiger partial charge in [0.1, 0.15) is 10.9 Å². The number of ether oxygens (including phenoxy) is 1. The van der Waals surface area contributed by atoms with E-state index in [9.17, 15) is 18.3 Å². The lowest BCUT2D eigenvalue weighted by Gasteiger charge is -2.17. The van der Waals surface area contributed by atoms with Crippen molar-refractivity contribution >= 4 is 16.0 Å². The number of aliphatic carboxylic acids is 1. The molecular weight excluding hydrogens is 346 g/mol. The molecule has 1 fully saturated rings. The average molecular weight is 365 g/mol. The fourth-order valence-electron chi connectivity index (χ4n) is 2.72. The Balaban J connectivity index is 1.76. The van der Waals surface area contributed by atoms with Crippen molar-refractivity contribution in [2.24, 2.45) is 5.92 Å². The van der Waals surface area contributed by atoms with Gasteiger partial charge in [0.25, 0.3) is 0 Å². The summed E-state index contributed by atoms with van der Waals surface area (Å²) in [5.41, 5.74) is 0.710. The number of hydrogen-bond donors (Lipinski definition) is 2. The lowest BCUT2D eigenvalue weighted by Crippen LogP contribution is -2.42. The minimum absolute atomic E-state index is 0.0378. The Labute approximate surface area is 145 Å². The molecule has 2 heterocycles. The molecule has 2 aromatic rings. The van der Waals surface area contributed by atoms with Crippen LogP contribution in [0.5, 0.6) is 0 Å². The summed E-state index contributed by atoms with van der Waals surface area (Å²) in [5.74, 6) is -1.17. The number of nitrogens with one attached hydrogen (secondary N) is 1. The van der Waals surface area contributed by atoms with E-state index in [0.29, 0.717) is 18.9 Å². The van der Waals surface area contributed by atoms with Gasteiger partial charge in [-0.1, -0.05) is 18.2 Å². The van der Waals surface area contributed by atoms with Crippen molar-refractivity contribution in [3.8, 4) is 5.69 Å². The molecule has 1 aliphatic rings. The molecule has 134 valence electrons. The Morgan fingerprint density at radius 1 is 1.40 bits per heavy atom. The molecular formula is C16H19N3O5S. The van der Waals surface area contributed by atoms with Crippen LogP contribution in [-0.2, 0) is 19.6 Å². The minimum atomic E-state index is -3.99. The zero-order valence-electron chi connectivity index (χ0n) is 13.4. The Morgan fingerprint density at radius 3 is 2.80 bits per heavy atom. The van der Waals surface area contributed by atoms with Gasteiger partial charge in [-0.25, -0.2) is 13.1 Å². The Kier molecular flexibility index (Phi) is 5.16. The number of para-hydroxylation sites is 1. The molecule has 3 rings (SSSR count). The monoisotopic (exact) mass is 365 g/mol. The van der Waals surface area contributed by atoms with E-state index in [-0.39, 0.29) is 17.2 Å². The summed E-state index contributed by atoms with van der Waals surface area (Å²) in [6, 6.07) is 7.85. The Hall–Kier alpha value is -2.23. The lowest BCUT2D eigenvalue weighted by molar-refractivity contribution is -0.139. The third-order valence-corrected chi connectivity index (χ3v) is 5.50. The normalized spacial score (nSPS) is 19.0. The highest BCUT2D eigenvalue weighted by Crippen LogP contribution is 2.20. The molecule has 1 aromatic heterocycles. The van der Waals surface area contributed by atoms with Crippen LogP contribution in [-0.4, -0.2) is 48.5 Å². The highest BCUT2D eigenvalue weighted by Gasteiger charge is 2.30. The number of rotatable bonds is 7. The van der Waals surface area contributed by atoms with E-state index in [1.54, 1.807) is 12.1 Å². The van der Waals surface area contributed by atoms with Crippen molar-refractivity contribution in [3.05, 3.63) is 42.7 Å². The largest absolute Gasteiger partial charge is 0.480 e. The molecule has 1 aromatic carbocycles. The van der Waals surface area contributed by atoms with Crippen LogP contribution in [0.1, 0.15) is 12.8 Å². The fraction of sp³-hybridized carbons (Fsp3) is 0.375. The second kappa shape index (κ2) is 7.34. The van der Waals surface area contributed by atoms with Gasteiger partial charge in [-0.3, -0.25) is 4.79 Å². The lowest BCUT2D eigenvalue weighted by atomic mass is 10.00. The number of nitrogens with zero attached hydrogens (tertiary/aromatic N) is 2. The molecule has 1 saturated heterocycles. The Morgan fingerprint density at radius 2 is 2.16 bits per heavy atom. The van der Waals surface area contributed by atoms with Crippen LogP contribution in [0, 0.1) is 5.92 Å². The van der Waals surface area contributed by atoms with Crippen LogP contribution in [0.3, 0.4) is 0 Å². The van der Waals surface area contributed by atoms with Crippen molar-refractivity contribution in [2.75, 3.05) is 13.2 Å². The molecule has 0 spiro atoms. The molecule has 9 heteroatoms. The summed E-state index contributed by atoms with van der Waals surface area (Å²) >= 11 is 0. The zero-order chi connectivity index (χ0) is 17.9. The van der Waals surface area contributed by atoms with E-state index in [1.165, 1.54) is 17.1 Å². The molecule has 8 nitrogen and oxygen atoms in total. The van der Waals surface area contributed by atoms with E-state index in [1.807, 2.05) is 18.2 Å². The van der Waals surface area contributed by atoms with E-state index in [2.05, 4.69) is 9.82 Å². The summed E-state index contributed by atoms with van der Waals surface area (Å²) in [6.45, 7) is 1.03. The maximum absolute atomic E-state index is 12.5. The summed E-state index contributed by atoms with van der Waals surface area (Å²) in [4.78, 5) is 11.4. The van der Waals surface area contributed by atoms with Gasteiger partial charge in [-0.15, -0.1) is 0 Å². The van der Waals surface area contributed by atoms with Gasteiger partial charge in [-0.2, -0.15) is 9.82 Å². The van der Waals surface area contributed by atoms with E-state index < -0.39 is 22.0 Å². The second-order valence-electron chi connectivity index (χ2n) is 5.93. The van der Waals surface area contributed by atoms with Gasteiger partial charge in [-0.05, 0) is 30.9 Å². The van der Waals surface area contributed by atoms with Crippen LogP contribution < -0.4 is 4.72 Å². The number of hydrogen-bond acceptors (Lipinski definition) is 5. The number of carboxylic acids is 1. The van der Waals surface area contributed by atoms with Gasteiger partial charge < -0.3 is 9.84 Å². The van der Waals surface area contributed by atoms with Crippen LogP contribution in [0.15, 0.2) is 47.6 Å². The molecule has 0 bridgehead atoms. The van der Waals surface area contributed by atoms with Gasteiger partial charge in [0.15, 0.2) is 0 Å². The predicted molar refractivity (Wildman–Crippen MR) is 88.9 cm³/mol. The van der Waals surface area contributed by atoms with E-state index >= 15 is 0 Å². The topological polar surface area (TPSA) is 111 Å². The highest BCUT2D eigenvalue weighted by atomic mass is 32.2. The van der Waals surface area contributed by atoms with Crippen molar-refractivity contribution in [3.63, 3.8) is 0 Å². The number of benzene rings is 1. The Bertz CT molecular complexity index is 828. The van der Waals surface area contributed by atoms with Crippen molar-refractivity contribution in [1.29, 1.82) is 0 Å². The van der Waals surface area contributed by atoms with Crippen molar-refractivity contribution < 1.29 is 23.1 Å². The maximum atomic E-state index is 12.5. The summed E-state index contributed by atoms with van der Waals surface area (Å²) < 4.78 is 33.9. The smallest absolute Gasteiger partial charge is 0.321 e. The fourth-order valence-corrected chi connectivity index (χ4v) is 3.86. The summed E-state index contributed by atoms with van der Waals surface area (Å²) in [5, 5.41) is 13.4. The number of aromatic nitrogens is 2. The first-order valence-electron chi connectivity index (χ1n) is 7.89. The zero-order valence-corrected chi connectivity index (χ0v) is 14.2. The predicted octanol–water partition coefficient (Wildman–Crippen LogP) is 1.03. The van der Waals surface area contributed by atoms with Crippen LogP contribution >= 0.6 is 0 Å². The minimum Gasteiger partial charge on any atom is -0.480 e. The molecule has 0 aliphatic carbocycles. The number of sulfonamides is 1. The van der Waals surface area contributed by atoms with Crippen LogP contribution in [0.25, 0.3) is 5.69 Å². The molecule has 2 unspecified atom stereocenters. The molecule has 0 saturated carbocycles. The van der Waals surface area contributed by atoms with E-state index in [4.69, 9.17) is 4.74 Å². The molecule has 1 aliphatic heterocycles. The summed E-state index contributed by atoms with van der Waals surface area (Å²) in [7, 11) is -3.99. The molecule has 0 radical (unpaired) electrons. The SMILES string of the molecule is O=C(O)C(CC1CCOC1)NS(=O)(=O)c1cnn(-c2ccccc2)c1. The second-order valence-corrected chi connectivity index (χ2v) is 7.65. The number of carbonyl (C=O) groups is 1. The standard InChI is InChI=1S/C16H19N3O5S/c20-16(21)15(8-12-6-7-24-11-12)18-25(22,23)14-9-17-19(10-14)13-4-2-1-3-5-13/h1-5,9-10,12,15,18H,6-8,11H2,(H,20,21). The number of carboxylic acid groups (broad SMARTS) is 1.